The van der Waals surface area contributed by atoms with Crippen molar-refractivity contribution in [2.45, 2.75) is 5.16 Å². The highest BCUT2D eigenvalue weighted by Crippen LogP contribution is 2.28. The summed E-state index contributed by atoms with van der Waals surface area (Å²) in [6.07, 6.45) is 6.78. The summed E-state index contributed by atoms with van der Waals surface area (Å²) in [4.78, 5) is 21.4. The second kappa shape index (κ2) is 9.16. The maximum atomic E-state index is 13.1. The van der Waals surface area contributed by atoms with Crippen LogP contribution in [0.25, 0.3) is 16.9 Å². The van der Waals surface area contributed by atoms with Crippen molar-refractivity contribution in [3.05, 3.63) is 84.3 Å². The van der Waals surface area contributed by atoms with Gasteiger partial charge in [-0.25, -0.2) is 13.4 Å². The van der Waals surface area contributed by atoms with Crippen molar-refractivity contribution in [2.24, 2.45) is 5.16 Å². The molecule has 0 saturated heterocycles. The number of sulfone groups is 1. The standard InChI is InChI=1S/C23H20N6O4S/c1-34(32,33)23-26-12-13-29(23)16-9-7-15(8-10-16)28-22(30)18-5-3-11-25-21(18)17-4-2-6-20(24)19(17)14-27-31/h2-14,31H,24H2,1H3,(H,28,30). The molecule has 0 aliphatic carbocycles. The minimum atomic E-state index is -3.50. The van der Waals surface area contributed by atoms with E-state index < -0.39 is 15.7 Å². The Bertz CT molecular complexity index is 1490. The first-order valence-corrected chi connectivity index (χ1v) is 11.8. The molecule has 4 aromatic rings. The molecule has 172 valence electrons. The first-order chi connectivity index (χ1) is 16.3. The molecule has 0 spiro atoms. The van der Waals surface area contributed by atoms with Crippen LogP contribution in [0.4, 0.5) is 11.4 Å². The van der Waals surface area contributed by atoms with E-state index in [1.807, 2.05) is 0 Å². The number of oxime groups is 1. The van der Waals surface area contributed by atoms with Crippen molar-refractivity contribution >= 4 is 33.3 Å². The van der Waals surface area contributed by atoms with Crippen molar-refractivity contribution in [3.63, 3.8) is 0 Å². The van der Waals surface area contributed by atoms with Gasteiger partial charge < -0.3 is 16.3 Å². The number of rotatable bonds is 6. The molecule has 10 nitrogen and oxygen atoms in total. The van der Waals surface area contributed by atoms with Crippen LogP contribution in [0.5, 0.6) is 0 Å². The van der Waals surface area contributed by atoms with Crippen molar-refractivity contribution in [2.75, 3.05) is 17.3 Å². The third kappa shape index (κ3) is 4.50. The molecule has 0 unspecified atom stereocenters. The van der Waals surface area contributed by atoms with Gasteiger partial charge in [-0.1, -0.05) is 17.3 Å². The van der Waals surface area contributed by atoms with Gasteiger partial charge in [-0.15, -0.1) is 0 Å². The second-order valence-corrected chi connectivity index (χ2v) is 9.22. The highest BCUT2D eigenvalue weighted by molar-refractivity contribution is 7.90. The largest absolute Gasteiger partial charge is 0.411 e. The summed E-state index contributed by atoms with van der Waals surface area (Å²) < 4.78 is 25.3. The van der Waals surface area contributed by atoms with Gasteiger partial charge in [-0.2, -0.15) is 0 Å². The van der Waals surface area contributed by atoms with E-state index in [0.29, 0.717) is 39.4 Å². The minimum absolute atomic E-state index is 0.0753. The molecule has 0 radical (unpaired) electrons. The molecule has 0 bridgehead atoms. The number of nitrogens with zero attached hydrogens (tertiary/aromatic N) is 4. The Morgan fingerprint density at radius 3 is 2.56 bits per heavy atom. The Hall–Kier alpha value is -4.51. The van der Waals surface area contributed by atoms with E-state index in [1.165, 1.54) is 17.0 Å². The smallest absolute Gasteiger partial charge is 0.257 e. The van der Waals surface area contributed by atoms with E-state index in [1.54, 1.807) is 67.0 Å². The number of hydrogen-bond donors (Lipinski definition) is 3. The van der Waals surface area contributed by atoms with Crippen LogP contribution in [0.1, 0.15) is 15.9 Å². The molecule has 2 aromatic heterocycles. The molecule has 1 amide bonds. The van der Waals surface area contributed by atoms with Crippen LogP contribution < -0.4 is 11.1 Å². The third-order valence-corrected chi connectivity index (χ3v) is 5.94. The number of anilines is 2. The molecule has 0 fully saturated rings. The van der Waals surface area contributed by atoms with Gasteiger partial charge in [-0.3, -0.25) is 14.3 Å². The zero-order valence-electron chi connectivity index (χ0n) is 18.0. The zero-order chi connectivity index (χ0) is 24.3. The van der Waals surface area contributed by atoms with Crippen LogP contribution in [0.3, 0.4) is 0 Å². The number of hydrogen-bond acceptors (Lipinski definition) is 8. The Morgan fingerprint density at radius 1 is 1.09 bits per heavy atom. The van der Waals surface area contributed by atoms with Crippen molar-refractivity contribution in [1.82, 2.24) is 14.5 Å². The molecule has 4 rings (SSSR count). The molecular weight excluding hydrogens is 456 g/mol. The average Bonchev–Trinajstić information content (AvgIpc) is 3.32. The first-order valence-electron chi connectivity index (χ1n) is 9.96. The van der Waals surface area contributed by atoms with Crippen LogP contribution in [0, 0.1) is 0 Å². The molecule has 11 heteroatoms. The molecule has 2 aromatic carbocycles. The van der Waals surface area contributed by atoms with Crippen LogP contribution in [0.2, 0.25) is 0 Å². The van der Waals surface area contributed by atoms with E-state index in [-0.39, 0.29) is 5.16 Å². The summed E-state index contributed by atoms with van der Waals surface area (Å²) in [5.41, 5.74) is 9.08. The number of carbonyl (C=O) groups excluding carboxylic acids is 1. The predicted molar refractivity (Wildman–Crippen MR) is 128 cm³/mol. The number of nitrogen functional groups attached to an aromatic ring is 1. The van der Waals surface area contributed by atoms with Crippen LogP contribution in [-0.2, 0) is 9.84 Å². The fourth-order valence-corrected chi connectivity index (χ4v) is 4.23. The van der Waals surface area contributed by atoms with Crippen LogP contribution >= 0.6 is 0 Å². The average molecular weight is 477 g/mol. The Kier molecular flexibility index (Phi) is 6.11. The number of nitrogens with one attached hydrogen (secondary N) is 1. The third-order valence-electron chi connectivity index (χ3n) is 4.98. The summed E-state index contributed by atoms with van der Waals surface area (Å²) in [7, 11) is -3.50. The maximum Gasteiger partial charge on any atom is 0.257 e. The van der Waals surface area contributed by atoms with Crippen LogP contribution in [-0.4, -0.2) is 46.5 Å². The molecule has 4 N–H and O–H groups in total. The zero-order valence-corrected chi connectivity index (χ0v) is 18.8. The fraction of sp³-hybridized carbons (Fsp3) is 0.0435. The second-order valence-electron chi connectivity index (χ2n) is 7.31. The highest BCUT2D eigenvalue weighted by atomic mass is 32.2. The molecule has 34 heavy (non-hydrogen) atoms. The summed E-state index contributed by atoms with van der Waals surface area (Å²) in [5.74, 6) is -0.412. The van der Waals surface area contributed by atoms with Gasteiger partial charge in [0.1, 0.15) is 0 Å². The van der Waals surface area contributed by atoms with E-state index in [0.717, 1.165) is 6.26 Å². The van der Waals surface area contributed by atoms with Gasteiger partial charge in [0.2, 0.25) is 15.0 Å². The van der Waals surface area contributed by atoms with E-state index in [9.17, 15) is 13.2 Å². The number of amides is 1. The quantitative estimate of drug-likeness (QED) is 0.167. The van der Waals surface area contributed by atoms with Crippen LogP contribution in [0.15, 0.2) is 83.5 Å². The summed E-state index contributed by atoms with van der Waals surface area (Å²) in [5, 5.41) is 14.8. The Balaban J connectivity index is 1.64. The Morgan fingerprint density at radius 2 is 1.85 bits per heavy atom. The molecule has 0 saturated carbocycles. The number of benzene rings is 2. The lowest BCUT2D eigenvalue weighted by Crippen LogP contribution is -2.14. The Labute approximate surface area is 195 Å². The first kappa shape index (κ1) is 22.7. The van der Waals surface area contributed by atoms with E-state index in [2.05, 4.69) is 20.4 Å². The lowest BCUT2D eigenvalue weighted by molar-refractivity contribution is 0.102. The molecule has 0 atom stereocenters. The number of aromatic nitrogens is 3. The van der Waals surface area contributed by atoms with Crippen molar-refractivity contribution < 1.29 is 18.4 Å². The molecule has 2 heterocycles. The van der Waals surface area contributed by atoms with Gasteiger partial charge in [0.15, 0.2) is 0 Å². The lowest BCUT2D eigenvalue weighted by atomic mass is 9.99. The van der Waals surface area contributed by atoms with Gasteiger partial charge in [0.05, 0.1) is 17.5 Å². The monoisotopic (exact) mass is 476 g/mol. The normalized spacial score (nSPS) is 11.6. The topological polar surface area (TPSA) is 153 Å². The SMILES string of the molecule is CS(=O)(=O)c1nccn1-c1ccc(NC(=O)c2cccnc2-c2cccc(N)c2C=NO)cc1. The minimum Gasteiger partial charge on any atom is -0.411 e. The molecular formula is C23H20N6O4S. The van der Waals surface area contributed by atoms with Crippen molar-refractivity contribution in [3.8, 4) is 16.9 Å². The number of imidazole rings is 1. The number of nitrogens with two attached hydrogens (primary N) is 1. The summed E-state index contributed by atoms with van der Waals surface area (Å²) >= 11 is 0. The summed E-state index contributed by atoms with van der Waals surface area (Å²) in [6.45, 7) is 0. The number of pyridine rings is 1. The fourth-order valence-electron chi connectivity index (χ4n) is 3.46. The molecule has 0 aliphatic heterocycles. The van der Waals surface area contributed by atoms with Gasteiger partial charge in [0, 0.05) is 53.0 Å². The molecule has 0 aliphatic rings. The summed E-state index contributed by atoms with van der Waals surface area (Å²) in [6, 6.07) is 15.0. The van der Waals surface area contributed by atoms with Gasteiger partial charge in [0.25, 0.3) is 5.91 Å². The van der Waals surface area contributed by atoms with Crippen molar-refractivity contribution in [1.29, 1.82) is 0 Å². The lowest BCUT2D eigenvalue weighted by Gasteiger charge is -2.13. The number of carbonyl (C=O) groups is 1. The predicted octanol–water partition coefficient (Wildman–Crippen LogP) is 2.98. The van der Waals surface area contributed by atoms with E-state index >= 15 is 0 Å². The van der Waals surface area contributed by atoms with Gasteiger partial charge >= 0.3 is 0 Å². The van der Waals surface area contributed by atoms with Gasteiger partial charge in [-0.05, 0) is 42.5 Å². The van der Waals surface area contributed by atoms with E-state index in [4.69, 9.17) is 10.9 Å². The highest BCUT2D eigenvalue weighted by Gasteiger charge is 2.18. The maximum absolute atomic E-state index is 13.1.